The zero-order valence-electron chi connectivity index (χ0n) is 12.4. The Morgan fingerprint density at radius 1 is 1.15 bits per heavy atom. The van der Waals surface area contributed by atoms with Crippen molar-refractivity contribution < 1.29 is 0 Å². The van der Waals surface area contributed by atoms with Crippen molar-refractivity contribution in [1.82, 2.24) is 9.97 Å². The summed E-state index contributed by atoms with van der Waals surface area (Å²) in [7, 11) is 2.03. The number of hydrogen-bond donors (Lipinski definition) is 1. The summed E-state index contributed by atoms with van der Waals surface area (Å²) in [4.78, 5) is 11.0. The number of nitrogens with zero attached hydrogens (tertiary/aromatic N) is 3. The van der Waals surface area contributed by atoms with Crippen molar-refractivity contribution in [3.8, 4) is 0 Å². The van der Waals surface area contributed by atoms with Gasteiger partial charge < -0.3 is 10.2 Å². The van der Waals surface area contributed by atoms with Gasteiger partial charge in [-0.15, -0.1) is 0 Å². The van der Waals surface area contributed by atoms with Crippen LogP contribution in [0.1, 0.15) is 31.9 Å². The molecule has 0 aliphatic carbocycles. The molecular weight excluding hydrogens is 248 g/mol. The van der Waals surface area contributed by atoms with Gasteiger partial charge in [-0.05, 0) is 25.0 Å². The maximum Gasteiger partial charge on any atom is 0.225 e. The van der Waals surface area contributed by atoms with E-state index in [1.165, 1.54) is 5.56 Å². The lowest BCUT2D eigenvalue weighted by molar-refractivity contribution is 0.737. The summed E-state index contributed by atoms with van der Waals surface area (Å²) in [6, 6.07) is 12.6. The van der Waals surface area contributed by atoms with Crippen LogP contribution < -0.4 is 10.2 Å². The largest absolute Gasteiger partial charge is 0.360 e. The van der Waals surface area contributed by atoms with E-state index in [9.17, 15) is 0 Å². The first-order chi connectivity index (χ1) is 9.74. The molecule has 1 heterocycles. The third kappa shape index (κ3) is 3.47. The molecule has 2 aromatic rings. The van der Waals surface area contributed by atoms with Gasteiger partial charge in [0.05, 0.1) is 6.04 Å². The summed E-state index contributed by atoms with van der Waals surface area (Å²) >= 11 is 0. The summed E-state index contributed by atoms with van der Waals surface area (Å²) in [5.41, 5.74) is 1.26. The number of anilines is 2. The fourth-order valence-corrected chi connectivity index (χ4v) is 2.06. The van der Waals surface area contributed by atoms with E-state index in [2.05, 4.69) is 58.3 Å². The van der Waals surface area contributed by atoms with Gasteiger partial charge in [-0.3, -0.25) is 0 Å². The van der Waals surface area contributed by atoms with Crippen LogP contribution >= 0.6 is 0 Å². The summed E-state index contributed by atoms with van der Waals surface area (Å²) in [5.74, 6) is 1.62. The molecule has 0 saturated heterocycles. The molecular formula is C16H22N4. The molecule has 4 nitrogen and oxygen atoms in total. The molecule has 1 N–H and O–H groups in total. The highest BCUT2D eigenvalue weighted by Gasteiger charge is 2.11. The highest BCUT2D eigenvalue weighted by molar-refractivity contribution is 5.42. The third-order valence-electron chi connectivity index (χ3n) is 3.42. The molecule has 0 unspecified atom stereocenters. The van der Waals surface area contributed by atoms with Crippen molar-refractivity contribution in [3.05, 3.63) is 48.2 Å². The number of aromatic nitrogens is 2. The summed E-state index contributed by atoms with van der Waals surface area (Å²) in [6.45, 7) is 5.19. The van der Waals surface area contributed by atoms with Crippen LogP contribution in [0.25, 0.3) is 0 Å². The highest BCUT2D eigenvalue weighted by Crippen LogP contribution is 2.21. The van der Waals surface area contributed by atoms with E-state index >= 15 is 0 Å². The zero-order valence-corrected chi connectivity index (χ0v) is 12.4. The molecule has 0 aliphatic rings. The quantitative estimate of drug-likeness (QED) is 0.872. The van der Waals surface area contributed by atoms with E-state index in [0.29, 0.717) is 5.95 Å². The Hall–Kier alpha value is -2.10. The van der Waals surface area contributed by atoms with Gasteiger partial charge in [0.15, 0.2) is 0 Å². The lowest BCUT2D eigenvalue weighted by atomic mass is 10.1. The van der Waals surface area contributed by atoms with E-state index in [1.807, 2.05) is 19.2 Å². The van der Waals surface area contributed by atoms with Crippen LogP contribution in [-0.2, 0) is 0 Å². The van der Waals surface area contributed by atoms with E-state index in [1.54, 1.807) is 6.20 Å². The van der Waals surface area contributed by atoms with Gasteiger partial charge in [0.1, 0.15) is 5.82 Å². The lowest BCUT2D eigenvalue weighted by Crippen LogP contribution is -2.19. The minimum Gasteiger partial charge on any atom is -0.360 e. The molecule has 1 atom stereocenters. The Morgan fingerprint density at radius 2 is 1.90 bits per heavy atom. The molecule has 2 rings (SSSR count). The average Bonchev–Trinajstić information content (AvgIpc) is 2.53. The summed E-state index contributed by atoms with van der Waals surface area (Å²) in [5, 5.41) is 3.42. The zero-order chi connectivity index (χ0) is 14.4. The van der Waals surface area contributed by atoms with Crippen molar-refractivity contribution in [2.75, 3.05) is 23.8 Å². The van der Waals surface area contributed by atoms with E-state index in [4.69, 9.17) is 0 Å². The minimum atomic E-state index is 0.235. The molecule has 0 saturated carbocycles. The van der Waals surface area contributed by atoms with Crippen LogP contribution in [0.5, 0.6) is 0 Å². The summed E-state index contributed by atoms with van der Waals surface area (Å²) in [6.07, 6.45) is 2.79. The number of benzene rings is 1. The maximum atomic E-state index is 4.56. The molecule has 1 aromatic carbocycles. The van der Waals surface area contributed by atoms with Gasteiger partial charge in [0.25, 0.3) is 0 Å². The predicted octanol–water partition coefficient (Wildman–Crippen LogP) is 3.50. The molecule has 0 amide bonds. The molecule has 0 fully saturated rings. The molecule has 1 aromatic heterocycles. The maximum absolute atomic E-state index is 4.56. The van der Waals surface area contributed by atoms with Gasteiger partial charge in [0, 0.05) is 19.8 Å². The lowest BCUT2D eigenvalue weighted by Gasteiger charge is -2.19. The monoisotopic (exact) mass is 270 g/mol. The van der Waals surface area contributed by atoms with Gasteiger partial charge in [-0.2, -0.15) is 4.98 Å². The van der Waals surface area contributed by atoms with Crippen LogP contribution in [-0.4, -0.2) is 23.6 Å². The van der Waals surface area contributed by atoms with Crippen LogP contribution in [0.3, 0.4) is 0 Å². The van der Waals surface area contributed by atoms with Crippen LogP contribution in [0, 0.1) is 0 Å². The Bertz CT molecular complexity index is 527. The van der Waals surface area contributed by atoms with Crippen molar-refractivity contribution in [3.63, 3.8) is 0 Å². The average molecular weight is 270 g/mol. The Kier molecular flexibility index (Phi) is 4.93. The first kappa shape index (κ1) is 14.3. The molecule has 0 radical (unpaired) electrons. The van der Waals surface area contributed by atoms with Crippen molar-refractivity contribution in [2.45, 2.75) is 26.3 Å². The molecule has 4 heteroatoms. The van der Waals surface area contributed by atoms with E-state index < -0.39 is 0 Å². The molecule has 0 aliphatic heterocycles. The Balaban J connectivity index is 2.16. The second-order valence-corrected chi connectivity index (χ2v) is 4.77. The van der Waals surface area contributed by atoms with Crippen molar-refractivity contribution in [1.29, 1.82) is 0 Å². The number of rotatable bonds is 6. The second-order valence-electron chi connectivity index (χ2n) is 4.77. The van der Waals surface area contributed by atoms with Crippen molar-refractivity contribution >= 4 is 11.8 Å². The normalized spacial score (nSPS) is 11.9. The van der Waals surface area contributed by atoms with E-state index in [-0.39, 0.29) is 6.04 Å². The van der Waals surface area contributed by atoms with Gasteiger partial charge >= 0.3 is 0 Å². The summed E-state index contributed by atoms with van der Waals surface area (Å²) < 4.78 is 0. The van der Waals surface area contributed by atoms with Gasteiger partial charge in [0.2, 0.25) is 5.95 Å². The standard InChI is InChI=1S/C16H22N4/c1-4-14(13-9-7-6-8-10-13)18-16-17-12-11-15(19-16)20(3)5-2/h6-12,14H,4-5H2,1-3H3,(H,17,18,19)/t14-/m1/s1. The highest BCUT2D eigenvalue weighted by atomic mass is 15.2. The SMILES string of the molecule is CC[C@@H](Nc1nccc(N(C)CC)n1)c1ccccc1. The Labute approximate surface area is 120 Å². The fraction of sp³-hybridized carbons (Fsp3) is 0.375. The minimum absolute atomic E-state index is 0.235. The van der Waals surface area contributed by atoms with Gasteiger partial charge in [-0.1, -0.05) is 37.3 Å². The smallest absolute Gasteiger partial charge is 0.225 e. The molecule has 0 spiro atoms. The van der Waals surface area contributed by atoms with Gasteiger partial charge in [-0.25, -0.2) is 4.98 Å². The third-order valence-corrected chi connectivity index (χ3v) is 3.42. The first-order valence-corrected chi connectivity index (χ1v) is 7.10. The molecule has 20 heavy (non-hydrogen) atoms. The van der Waals surface area contributed by atoms with Crippen LogP contribution in [0.4, 0.5) is 11.8 Å². The number of nitrogens with one attached hydrogen (secondary N) is 1. The van der Waals surface area contributed by atoms with Crippen molar-refractivity contribution in [2.24, 2.45) is 0 Å². The molecule has 106 valence electrons. The van der Waals surface area contributed by atoms with Crippen LogP contribution in [0.2, 0.25) is 0 Å². The van der Waals surface area contributed by atoms with E-state index in [0.717, 1.165) is 18.8 Å². The fourth-order valence-electron chi connectivity index (χ4n) is 2.06. The topological polar surface area (TPSA) is 41.1 Å². The second kappa shape index (κ2) is 6.89. The predicted molar refractivity (Wildman–Crippen MR) is 84.1 cm³/mol. The number of hydrogen-bond acceptors (Lipinski definition) is 4. The first-order valence-electron chi connectivity index (χ1n) is 7.10. The van der Waals surface area contributed by atoms with Crippen LogP contribution in [0.15, 0.2) is 42.6 Å². The molecule has 0 bridgehead atoms. The Morgan fingerprint density at radius 3 is 2.55 bits per heavy atom.